The quantitative estimate of drug-likeness (QED) is 0.275. The van der Waals surface area contributed by atoms with E-state index in [2.05, 4.69) is 10.0 Å². The molecule has 9 nitrogen and oxygen atoms in total. The van der Waals surface area contributed by atoms with Gasteiger partial charge < -0.3 is 10.1 Å². The molecule has 0 fully saturated rings. The van der Waals surface area contributed by atoms with Crippen molar-refractivity contribution in [1.82, 2.24) is 10.0 Å². The first kappa shape index (κ1) is 22.9. The minimum atomic E-state index is -3.94. The average molecular weight is 455 g/mol. The molecule has 0 bridgehead atoms. The number of ether oxygens (including phenoxy) is 1. The lowest BCUT2D eigenvalue weighted by atomic mass is 10.2. The zero-order valence-electron chi connectivity index (χ0n) is 16.9. The topological polar surface area (TPSA) is 128 Å². The molecule has 0 aliphatic heterocycles. The van der Waals surface area contributed by atoms with E-state index in [9.17, 15) is 23.3 Å². The van der Waals surface area contributed by atoms with Gasteiger partial charge >= 0.3 is 0 Å². The van der Waals surface area contributed by atoms with E-state index < -0.39 is 14.9 Å². The summed E-state index contributed by atoms with van der Waals surface area (Å²) in [7, 11) is -3.94. The maximum atomic E-state index is 12.3. The molecule has 0 aliphatic carbocycles. The second kappa shape index (κ2) is 10.5. The van der Waals surface area contributed by atoms with Gasteiger partial charge in [-0.1, -0.05) is 36.4 Å². The molecule has 0 unspecified atom stereocenters. The largest absolute Gasteiger partial charge is 0.489 e. The molecule has 0 atom stereocenters. The maximum Gasteiger partial charge on any atom is 0.270 e. The number of hydrogen-bond acceptors (Lipinski definition) is 6. The lowest BCUT2D eigenvalue weighted by molar-refractivity contribution is -0.385. The molecule has 3 aromatic rings. The fraction of sp³-hybridized carbons (Fsp3) is 0.136. The molecular weight excluding hydrogens is 434 g/mol. The fourth-order valence-corrected chi connectivity index (χ4v) is 3.83. The van der Waals surface area contributed by atoms with Gasteiger partial charge in [-0.05, 0) is 35.9 Å². The number of non-ortho nitro benzene ring substituents is 1. The lowest BCUT2D eigenvalue weighted by Crippen LogP contribution is -2.34. The van der Waals surface area contributed by atoms with E-state index in [0.717, 1.165) is 11.6 Å². The minimum Gasteiger partial charge on any atom is -0.489 e. The molecule has 32 heavy (non-hydrogen) atoms. The van der Waals surface area contributed by atoms with Gasteiger partial charge in [0, 0.05) is 30.8 Å². The monoisotopic (exact) mass is 455 g/mol. The third kappa shape index (κ3) is 6.37. The predicted molar refractivity (Wildman–Crippen MR) is 118 cm³/mol. The van der Waals surface area contributed by atoms with Gasteiger partial charge in [-0.2, -0.15) is 0 Å². The molecule has 2 N–H and O–H groups in total. The van der Waals surface area contributed by atoms with E-state index in [1.807, 2.05) is 30.3 Å². The number of rotatable bonds is 10. The Hall–Kier alpha value is -3.76. The van der Waals surface area contributed by atoms with Crippen LogP contribution in [0.25, 0.3) is 0 Å². The number of amides is 1. The molecule has 3 aromatic carbocycles. The van der Waals surface area contributed by atoms with E-state index in [4.69, 9.17) is 4.74 Å². The Kier molecular flexibility index (Phi) is 7.53. The van der Waals surface area contributed by atoms with Crippen LogP contribution >= 0.6 is 0 Å². The summed E-state index contributed by atoms with van der Waals surface area (Å²) in [4.78, 5) is 22.2. The highest BCUT2D eigenvalue weighted by Crippen LogP contribution is 2.17. The number of sulfonamides is 1. The van der Waals surface area contributed by atoms with Crippen LogP contribution in [0.3, 0.4) is 0 Å². The maximum absolute atomic E-state index is 12.3. The average Bonchev–Trinajstić information content (AvgIpc) is 2.81. The summed E-state index contributed by atoms with van der Waals surface area (Å²) in [5.74, 6) is 0.254. The Morgan fingerprint density at radius 3 is 2.34 bits per heavy atom. The van der Waals surface area contributed by atoms with Crippen LogP contribution in [0.2, 0.25) is 0 Å². The Morgan fingerprint density at radius 2 is 1.66 bits per heavy atom. The van der Waals surface area contributed by atoms with Crippen LogP contribution in [-0.4, -0.2) is 32.3 Å². The van der Waals surface area contributed by atoms with Gasteiger partial charge in [0.2, 0.25) is 10.0 Å². The number of nitro groups is 1. The summed E-state index contributed by atoms with van der Waals surface area (Å²) in [5.41, 5.74) is 1.11. The van der Waals surface area contributed by atoms with Crippen LogP contribution in [0.15, 0.2) is 83.8 Å². The zero-order valence-corrected chi connectivity index (χ0v) is 17.7. The highest BCUT2D eigenvalue weighted by molar-refractivity contribution is 7.89. The van der Waals surface area contributed by atoms with Crippen LogP contribution in [-0.2, 0) is 16.6 Å². The van der Waals surface area contributed by atoms with Gasteiger partial charge in [0.05, 0.1) is 9.82 Å². The standard InChI is InChI=1S/C22H21N3O6S/c26-22(18-9-11-20(12-10-18)31-16-17-5-2-1-3-6-17)23-13-14-24-32(29,30)21-8-4-7-19(15-21)25(27)28/h1-12,15,24H,13-14,16H2,(H,23,26). The van der Waals surface area contributed by atoms with Gasteiger partial charge in [-0.3, -0.25) is 14.9 Å². The van der Waals surface area contributed by atoms with Crippen molar-refractivity contribution in [3.63, 3.8) is 0 Å². The molecule has 0 saturated carbocycles. The first-order chi connectivity index (χ1) is 15.3. The Balaban J connectivity index is 1.46. The van der Waals surface area contributed by atoms with E-state index in [1.165, 1.54) is 18.2 Å². The third-order valence-corrected chi connectivity index (χ3v) is 5.86. The van der Waals surface area contributed by atoms with Crippen molar-refractivity contribution in [1.29, 1.82) is 0 Å². The van der Waals surface area contributed by atoms with Gasteiger partial charge in [-0.25, -0.2) is 13.1 Å². The molecule has 0 aliphatic rings. The molecule has 10 heteroatoms. The number of carbonyl (C=O) groups is 1. The molecule has 0 spiro atoms. The van der Waals surface area contributed by atoms with E-state index in [0.29, 0.717) is 17.9 Å². The Labute approximate surface area is 185 Å². The fourth-order valence-electron chi connectivity index (χ4n) is 2.75. The first-order valence-electron chi connectivity index (χ1n) is 9.64. The van der Waals surface area contributed by atoms with Gasteiger partial charge in [0.15, 0.2) is 0 Å². The van der Waals surface area contributed by atoms with E-state index >= 15 is 0 Å². The Morgan fingerprint density at radius 1 is 0.938 bits per heavy atom. The summed E-state index contributed by atoms with van der Waals surface area (Å²) < 4.78 is 32.5. The normalized spacial score (nSPS) is 11.0. The molecule has 166 valence electrons. The van der Waals surface area contributed by atoms with Crippen molar-refractivity contribution in [3.8, 4) is 5.75 Å². The van der Waals surface area contributed by atoms with Crippen molar-refractivity contribution >= 4 is 21.6 Å². The number of nitro benzene ring substituents is 1. The number of nitrogens with zero attached hydrogens (tertiary/aromatic N) is 1. The van der Waals surface area contributed by atoms with E-state index in [1.54, 1.807) is 24.3 Å². The highest BCUT2D eigenvalue weighted by Gasteiger charge is 2.17. The number of nitrogens with one attached hydrogen (secondary N) is 2. The number of carbonyl (C=O) groups excluding carboxylic acids is 1. The van der Waals surface area contributed by atoms with Crippen LogP contribution in [0.1, 0.15) is 15.9 Å². The number of hydrogen-bond donors (Lipinski definition) is 2. The lowest BCUT2D eigenvalue weighted by Gasteiger charge is -2.09. The van der Waals surface area contributed by atoms with Crippen molar-refractivity contribution in [3.05, 3.63) is 100 Å². The van der Waals surface area contributed by atoms with Crippen molar-refractivity contribution in [2.75, 3.05) is 13.1 Å². The van der Waals surface area contributed by atoms with Crippen LogP contribution < -0.4 is 14.8 Å². The second-order valence-electron chi connectivity index (χ2n) is 6.71. The summed E-state index contributed by atoms with van der Waals surface area (Å²) in [6.45, 7) is 0.380. The van der Waals surface area contributed by atoms with Gasteiger partial charge in [0.1, 0.15) is 12.4 Å². The number of benzene rings is 3. The van der Waals surface area contributed by atoms with Crippen molar-refractivity contribution in [2.24, 2.45) is 0 Å². The van der Waals surface area contributed by atoms with Gasteiger partial charge in [0.25, 0.3) is 11.6 Å². The molecule has 3 rings (SSSR count). The smallest absolute Gasteiger partial charge is 0.270 e. The molecule has 1 amide bonds. The highest BCUT2D eigenvalue weighted by atomic mass is 32.2. The Bertz CT molecular complexity index is 1180. The SMILES string of the molecule is O=C(NCCNS(=O)(=O)c1cccc([N+](=O)[O-])c1)c1ccc(OCc2ccccc2)cc1. The first-order valence-corrected chi connectivity index (χ1v) is 11.1. The molecule has 0 aromatic heterocycles. The predicted octanol–water partition coefficient (Wildman–Crippen LogP) is 2.88. The molecule has 0 saturated heterocycles. The van der Waals surface area contributed by atoms with Gasteiger partial charge in [-0.15, -0.1) is 0 Å². The van der Waals surface area contributed by atoms with Crippen molar-refractivity contribution < 1.29 is 22.9 Å². The third-order valence-electron chi connectivity index (χ3n) is 4.41. The zero-order chi connectivity index (χ0) is 23.0. The molecule has 0 heterocycles. The second-order valence-corrected chi connectivity index (χ2v) is 8.47. The summed E-state index contributed by atoms with van der Waals surface area (Å²) in [5, 5.41) is 13.4. The molecule has 0 radical (unpaired) electrons. The van der Waals surface area contributed by atoms with Crippen molar-refractivity contribution in [2.45, 2.75) is 11.5 Å². The summed E-state index contributed by atoms with van der Waals surface area (Å²) in [6, 6.07) is 21.0. The summed E-state index contributed by atoms with van der Waals surface area (Å²) >= 11 is 0. The van der Waals surface area contributed by atoms with Crippen LogP contribution in [0.5, 0.6) is 5.75 Å². The van der Waals surface area contributed by atoms with Crippen LogP contribution in [0.4, 0.5) is 5.69 Å². The van der Waals surface area contributed by atoms with Crippen LogP contribution in [0, 0.1) is 10.1 Å². The molecular formula is C22H21N3O6S. The summed E-state index contributed by atoms with van der Waals surface area (Å²) in [6.07, 6.45) is 0. The minimum absolute atomic E-state index is 0.0409. The van der Waals surface area contributed by atoms with E-state index in [-0.39, 0.29) is 29.6 Å².